The maximum atomic E-state index is 9.79. The Hall–Kier alpha value is -1.23. The standard InChI is InChI=1S/C16H20N2OS/c19-15-8-4-7-13(15)9-17-10-14-11-20-16(18-14)12-5-2-1-3-6-12/h1-3,5-6,11,13,15,17,19H,4,7-10H2. The second-order valence-corrected chi connectivity index (χ2v) is 6.26. The fourth-order valence-electron chi connectivity index (χ4n) is 2.74. The number of nitrogens with zero attached hydrogens (tertiary/aromatic N) is 1. The molecule has 3 nitrogen and oxygen atoms in total. The Morgan fingerprint density at radius 3 is 2.85 bits per heavy atom. The highest BCUT2D eigenvalue weighted by Gasteiger charge is 2.24. The minimum atomic E-state index is -0.113. The number of hydrogen-bond donors (Lipinski definition) is 2. The molecule has 0 bridgehead atoms. The first-order valence-corrected chi connectivity index (χ1v) is 8.09. The van der Waals surface area contributed by atoms with Gasteiger partial charge in [-0.2, -0.15) is 0 Å². The van der Waals surface area contributed by atoms with E-state index in [2.05, 4.69) is 27.8 Å². The van der Waals surface area contributed by atoms with Gasteiger partial charge in [0.15, 0.2) is 0 Å². The lowest BCUT2D eigenvalue weighted by molar-refractivity contribution is 0.131. The van der Waals surface area contributed by atoms with Crippen LogP contribution in [0.2, 0.25) is 0 Å². The van der Waals surface area contributed by atoms with Crippen LogP contribution in [0, 0.1) is 5.92 Å². The van der Waals surface area contributed by atoms with Crippen molar-refractivity contribution in [2.75, 3.05) is 6.54 Å². The summed E-state index contributed by atoms with van der Waals surface area (Å²) in [6.07, 6.45) is 3.14. The molecule has 1 aromatic heterocycles. The molecular weight excluding hydrogens is 268 g/mol. The van der Waals surface area contributed by atoms with Crippen molar-refractivity contribution in [2.45, 2.75) is 31.9 Å². The summed E-state index contributed by atoms with van der Waals surface area (Å²) in [6, 6.07) is 10.3. The fourth-order valence-corrected chi connectivity index (χ4v) is 3.57. The van der Waals surface area contributed by atoms with E-state index >= 15 is 0 Å². The summed E-state index contributed by atoms with van der Waals surface area (Å²) in [7, 11) is 0. The van der Waals surface area contributed by atoms with E-state index in [0.717, 1.165) is 43.1 Å². The molecule has 20 heavy (non-hydrogen) atoms. The predicted molar refractivity (Wildman–Crippen MR) is 82.6 cm³/mol. The van der Waals surface area contributed by atoms with Crippen molar-refractivity contribution in [1.82, 2.24) is 10.3 Å². The van der Waals surface area contributed by atoms with E-state index in [1.807, 2.05) is 18.2 Å². The second kappa shape index (κ2) is 6.48. The minimum absolute atomic E-state index is 0.113. The van der Waals surface area contributed by atoms with Gasteiger partial charge in [-0.15, -0.1) is 11.3 Å². The van der Waals surface area contributed by atoms with Crippen LogP contribution in [-0.4, -0.2) is 22.7 Å². The zero-order valence-corrected chi connectivity index (χ0v) is 12.3. The van der Waals surface area contributed by atoms with Crippen molar-refractivity contribution >= 4 is 11.3 Å². The molecule has 0 aliphatic heterocycles. The number of aliphatic hydroxyl groups is 1. The Morgan fingerprint density at radius 1 is 1.25 bits per heavy atom. The Balaban J connectivity index is 1.53. The molecule has 0 saturated heterocycles. The van der Waals surface area contributed by atoms with Crippen LogP contribution < -0.4 is 5.32 Å². The van der Waals surface area contributed by atoms with Crippen LogP contribution in [0.3, 0.4) is 0 Å². The van der Waals surface area contributed by atoms with Crippen molar-refractivity contribution in [3.63, 3.8) is 0 Å². The van der Waals surface area contributed by atoms with Crippen LogP contribution >= 0.6 is 11.3 Å². The number of aromatic nitrogens is 1. The molecule has 1 aliphatic carbocycles. The number of nitrogens with one attached hydrogen (secondary N) is 1. The van der Waals surface area contributed by atoms with Crippen molar-refractivity contribution in [3.8, 4) is 10.6 Å². The molecule has 1 fully saturated rings. The van der Waals surface area contributed by atoms with Gasteiger partial charge in [0.2, 0.25) is 0 Å². The van der Waals surface area contributed by atoms with Crippen LogP contribution in [0.5, 0.6) is 0 Å². The molecular formula is C16H20N2OS. The Morgan fingerprint density at radius 2 is 2.10 bits per heavy atom. The summed E-state index contributed by atoms with van der Waals surface area (Å²) in [6.45, 7) is 1.67. The summed E-state index contributed by atoms with van der Waals surface area (Å²) in [4.78, 5) is 4.66. The maximum Gasteiger partial charge on any atom is 0.123 e. The van der Waals surface area contributed by atoms with Gasteiger partial charge in [-0.05, 0) is 18.8 Å². The van der Waals surface area contributed by atoms with Crippen LogP contribution in [0.25, 0.3) is 10.6 Å². The van der Waals surface area contributed by atoms with E-state index in [0.29, 0.717) is 5.92 Å². The van der Waals surface area contributed by atoms with Crippen LogP contribution in [0.4, 0.5) is 0 Å². The van der Waals surface area contributed by atoms with E-state index in [4.69, 9.17) is 0 Å². The molecule has 2 atom stereocenters. The average molecular weight is 288 g/mol. The first-order chi connectivity index (χ1) is 9.83. The van der Waals surface area contributed by atoms with Gasteiger partial charge >= 0.3 is 0 Å². The molecule has 4 heteroatoms. The minimum Gasteiger partial charge on any atom is -0.393 e. The number of rotatable bonds is 5. The van der Waals surface area contributed by atoms with Crippen molar-refractivity contribution in [2.24, 2.45) is 5.92 Å². The van der Waals surface area contributed by atoms with Crippen LogP contribution in [-0.2, 0) is 6.54 Å². The summed E-state index contributed by atoms with van der Waals surface area (Å²) < 4.78 is 0. The number of thiazole rings is 1. The monoisotopic (exact) mass is 288 g/mol. The molecule has 2 N–H and O–H groups in total. The summed E-state index contributed by atoms with van der Waals surface area (Å²) in [5.41, 5.74) is 2.26. The molecule has 1 heterocycles. The van der Waals surface area contributed by atoms with Gasteiger partial charge in [0, 0.05) is 24.0 Å². The maximum absolute atomic E-state index is 9.79. The molecule has 0 amide bonds. The largest absolute Gasteiger partial charge is 0.393 e. The second-order valence-electron chi connectivity index (χ2n) is 5.40. The highest BCUT2D eigenvalue weighted by atomic mass is 32.1. The first-order valence-electron chi connectivity index (χ1n) is 7.21. The molecule has 2 aromatic rings. The fraction of sp³-hybridized carbons (Fsp3) is 0.438. The van der Waals surface area contributed by atoms with Crippen LogP contribution in [0.15, 0.2) is 35.7 Å². The highest BCUT2D eigenvalue weighted by molar-refractivity contribution is 7.13. The SMILES string of the molecule is OC1CCCC1CNCc1csc(-c2ccccc2)n1. The highest BCUT2D eigenvalue weighted by Crippen LogP contribution is 2.25. The van der Waals surface area contributed by atoms with E-state index in [9.17, 15) is 5.11 Å². The molecule has 1 saturated carbocycles. The van der Waals surface area contributed by atoms with Crippen molar-refractivity contribution in [3.05, 3.63) is 41.4 Å². The smallest absolute Gasteiger partial charge is 0.123 e. The number of benzene rings is 1. The van der Waals surface area contributed by atoms with Crippen molar-refractivity contribution < 1.29 is 5.11 Å². The van der Waals surface area contributed by atoms with Crippen LogP contribution in [0.1, 0.15) is 25.0 Å². The predicted octanol–water partition coefficient (Wildman–Crippen LogP) is 3.06. The molecule has 1 aromatic carbocycles. The van der Waals surface area contributed by atoms with E-state index in [-0.39, 0.29) is 6.10 Å². The number of aliphatic hydroxyl groups excluding tert-OH is 1. The third kappa shape index (κ3) is 3.26. The zero-order chi connectivity index (χ0) is 13.8. The zero-order valence-electron chi connectivity index (χ0n) is 11.5. The Labute approximate surface area is 123 Å². The average Bonchev–Trinajstić information content (AvgIpc) is 3.10. The van der Waals surface area contributed by atoms with E-state index in [1.54, 1.807) is 11.3 Å². The normalized spacial score (nSPS) is 22.2. The lowest BCUT2D eigenvalue weighted by Crippen LogP contribution is -2.27. The first kappa shape index (κ1) is 13.7. The Bertz CT molecular complexity index is 540. The van der Waals surface area contributed by atoms with Gasteiger partial charge in [-0.3, -0.25) is 0 Å². The van der Waals surface area contributed by atoms with Gasteiger partial charge in [0.25, 0.3) is 0 Å². The third-order valence-corrected chi connectivity index (χ3v) is 4.84. The molecule has 0 radical (unpaired) electrons. The van der Waals surface area contributed by atoms with Crippen molar-refractivity contribution in [1.29, 1.82) is 0 Å². The van der Waals surface area contributed by atoms with Gasteiger partial charge in [0.05, 0.1) is 11.8 Å². The molecule has 3 rings (SSSR count). The van der Waals surface area contributed by atoms with E-state index < -0.39 is 0 Å². The van der Waals surface area contributed by atoms with Gasteiger partial charge < -0.3 is 10.4 Å². The molecule has 0 spiro atoms. The topological polar surface area (TPSA) is 45.1 Å². The van der Waals surface area contributed by atoms with E-state index in [1.165, 1.54) is 5.56 Å². The lowest BCUT2D eigenvalue weighted by atomic mass is 10.1. The van der Waals surface area contributed by atoms with Gasteiger partial charge in [0.1, 0.15) is 5.01 Å². The lowest BCUT2D eigenvalue weighted by Gasteiger charge is -2.14. The molecule has 1 aliphatic rings. The molecule has 2 unspecified atom stereocenters. The summed E-state index contributed by atoms with van der Waals surface area (Å²) in [5.74, 6) is 0.419. The summed E-state index contributed by atoms with van der Waals surface area (Å²) in [5, 5.41) is 16.4. The van der Waals surface area contributed by atoms with Gasteiger partial charge in [-0.25, -0.2) is 4.98 Å². The van der Waals surface area contributed by atoms with Gasteiger partial charge in [-0.1, -0.05) is 36.8 Å². The Kier molecular flexibility index (Phi) is 4.45. The quantitative estimate of drug-likeness (QED) is 0.889. The molecule has 106 valence electrons. The summed E-state index contributed by atoms with van der Waals surface area (Å²) >= 11 is 1.69. The third-order valence-electron chi connectivity index (χ3n) is 3.90. The number of hydrogen-bond acceptors (Lipinski definition) is 4.